The van der Waals surface area contributed by atoms with Crippen molar-refractivity contribution in [2.24, 2.45) is 0 Å². The van der Waals surface area contributed by atoms with Crippen LogP contribution >= 0.6 is 0 Å². The maximum atomic E-state index is 12.3. The monoisotopic (exact) mass is 423 g/mol. The van der Waals surface area contributed by atoms with E-state index in [1.165, 1.54) is 6.92 Å². The summed E-state index contributed by atoms with van der Waals surface area (Å²) in [5.41, 5.74) is 2.76. The minimum atomic E-state index is -1.01. The van der Waals surface area contributed by atoms with E-state index in [0.717, 1.165) is 17.7 Å². The van der Waals surface area contributed by atoms with Gasteiger partial charge in [-0.2, -0.15) is 0 Å². The van der Waals surface area contributed by atoms with Gasteiger partial charge in [-0.15, -0.1) is 0 Å². The van der Waals surface area contributed by atoms with Crippen LogP contribution in [-0.2, 0) is 19.1 Å². The van der Waals surface area contributed by atoms with E-state index in [0.29, 0.717) is 24.2 Å². The first-order valence-corrected chi connectivity index (χ1v) is 10.1. The van der Waals surface area contributed by atoms with E-state index in [4.69, 9.17) is 4.74 Å². The second-order valence-electron chi connectivity index (χ2n) is 7.37. The van der Waals surface area contributed by atoms with Gasteiger partial charge in [-0.1, -0.05) is 17.7 Å². The molecule has 1 aliphatic heterocycles. The van der Waals surface area contributed by atoms with Gasteiger partial charge in [-0.05, 0) is 56.7 Å². The van der Waals surface area contributed by atoms with Crippen LogP contribution in [0.15, 0.2) is 48.5 Å². The zero-order valence-electron chi connectivity index (χ0n) is 17.5. The zero-order chi connectivity index (χ0) is 22.4. The molecule has 1 heterocycles. The summed E-state index contributed by atoms with van der Waals surface area (Å²) >= 11 is 0. The molecule has 2 aromatic carbocycles. The van der Waals surface area contributed by atoms with Gasteiger partial charge < -0.3 is 20.3 Å². The van der Waals surface area contributed by atoms with E-state index >= 15 is 0 Å². The predicted octanol–water partition coefficient (Wildman–Crippen LogP) is 2.42. The van der Waals surface area contributed by atoms with Crippen molar-refractivity contribution in [1.29, 1.82) is 0 Å². The lowest BCUT2D eigenvalue weighted by Gasteiger charge is -2.16. The Labute approximate surface area is 180 Å². The SMILES string of the molecule is Cc1ccc(NC(=O)[C@@H](C)OC(=O)CNC(=O)c2ccc(N3CCCC3=O)cc2)cc1. The quantitative estimate of drug-likeness (QED) is 0.666. The Morgan fingerprint density at radius 3 is 2.35 bits per heavy atom. The molecule has 1 fully saturated rings. The molecule has 0 aliphatic carbocycles. The van der Waals surface area contributed by atoms with E-state index in [-0.39, 0.29) is 12.5 Å². The van der Waals surface area contributed by atoms with Crippen molar-refractivity contribution in [2.75, 3.05) is 23.3 Å². The minimum absolute atomic E-state index is 0.0699. The standard InChI is InChI=1S/C23H25N3O5/c1-15-5-9-18(10-6-15)25-22(29)16(2)31-21(28)14-24-23(30)17-7-11-19(12-8-17)26-13-3-4-20(26)27/h5-12,16H,3-4,13-14H2,1-2H3,(H,24,30)(H,25,29)/t16-/m1/s1. The van der Waals surface area contributed by atoms with E-state index in [1.807, 2.05) is 19.1 Å². The van der Waals surface area contributed by atoms with Crippen LogP contribution < -0.4 is 15.5 Å². The maximum Gasteiger partial charge on any atom is 0.326 e. The molecule has 8 heteroatoms. The Morgan fingerprint density at radius 2 is 1.74 bits per heavy atom. The lowest BCUT2D eigenvalue weighted by molar-refractivity contribution is -0.152. The molecule has 3 amide bonds. The predicted molar refractivity (Wildman–Crippen MR) is 116 cm³/mol. The highest BCUT2D eigenvalue weighted by atomic mass is 16.5. The lowest BCUT2D eigenvalue weighted by atomic mass is 10.2. The molecular weight excluding hydrogens is 398 g/mol. The van der Waals surface area contributed by atoms with Gasteiger partial charge in [0, 0.05) is 29.9 Å². The summed E-state index contributed by atoms with van der Waals surface area (Å²) in [6, 6.07) is 13.8. The Bertz CT molecular complexity index is 970. The number of amides is 3. The van der Waals surface area contributed by atoms with Crippen molar-refractivity contribution >= 4 is 35.1 Å². The average Bonchev–Trinajstić information content (AvgIpc) is 3.19. The van der Waals surface area contributed by atoms with Crippen LogP contribution in [-0.4, -0.2) is 42.9 Å². The summed E-state index contributed by atoms with van der Waals surface area (Å²) < 4.78 is 5.08. The molecule has 8 nitrogen and oxygen atoms in total. The number of aryl methyl sites for hydroxylation is 1. The molecule has 0 spiro atoms. The molecule has 3 rings (SSSR count). The molecule has 0 saturated carbocycles. The summed E-state index contributed by atoms with van der Waals surface area (Å²) in [6.07, 6.45) is 0.346. The van der Waals surface area contributed by atoms with Crippen molar-refractivity contribution in [1.82, 2.24) is 5.32 Å². The number of rotatable bonds is 7. The number of benzene rings is 2. The Balaban J connectivity index is 1.45. The van der Waals surface area contributed by atoms with Crippen LogP contribution in [0.5, 0.6) is 0 Å². The summed E-state index contributed by atoms with van der Waals surface area (Å²) in [5.74, 6) is -1.57. The van der Waals surface area contributed by atoms with E-state index in [1.54, 1.807) is 41.3 Å². The molecule has 0 bridgehead atoms. The number of hydrogen-bond donors (Lipinski definition) is 2. The molecular formula is C23H25N3O5. The first kappa shape index (κ1) is 22.0. The summed E-state index contributed by atoms with van der Waals surface area (Å²) in [6.45, 7) is 3.70. The Morgan fingerprint density at radius 1 is 1.06 bits per heavy atom. The number of ether oxygens (including phenoxy) is 1. The number of hydrogen-bond acceptors (Lipinski definition) is 5. The first-order valence-electron chi connectivity index (χ1n) is 10.1. The number of carbonyl (C=O) groups is 4. The molecule has 2 aromatic rings. The highest BCUT2D eigenvalue weighted by Gasteiger charge is 2.22. The van der Waals surface area contributed by atoms with Crippen LogP contribution in [0.2, 0.25) is 0 Å². The molecule has 0 unspecified atom stereocenters. The molecule has 2 N–H and O–H groups in total. The Hall–Kier alpha value is -3.68. The number of nitrogens with zero attached hydrogens (tertiary/aromatic N) is 1. The molecule has 1 atom stereocenters. The fourth-order valence-corrected chi connectivity index (χ4v) is 3.14. The number of anilines is 2. The van der Waals surface area contributed by atoms with Crippen molar-refractivity contribution in [3.63, 3.8) is 0 Å². The van der Waals surface area contributed by atoms with Crippen molar-refractivity contribution in [3.05, 3.63) is 59.7 Å². The van der Waals surface area contributed by atoms with Crippen LogP contribution in [0.4, 0.5) is 11.4 Å². The van der Waals surface area contributed by atoms with E-state index in [2.05, 4.69) is 10.6 Å². The third kappa shape index (κ3) is 5.91. The second kappa shape index (κ2) is 9.88. The first-order chi connectivity index (χ1) is 14.8. The van der Waals surface area contributed by atoms with Crippen LogP contribution in [0.1, 0.15) is 35.7 Å². The lowest BCUT2D eigenvalue weighted by Crippen LogP contribution is -2.35. The normalized spacial score (nSPS) is 14.1. The summed E-state index contributed by atoms with van der Waals surface area (Å²) in [7, 11) is 0. The molecule has 162 valence electrons. The largest absolute Gasteiger partial charge is 0.451 e. The maximum absolute atomic E-state index is 12.3. The van der Waals surface area contributed by atoms with Gasteiger partial charge >= 0.3 is 5.97 Å². The van der Waals surface area contributed by atoms with E-state index < -0.39 is 23.9 Å². The second-order valence-corrected chi connectivity index (χ2v) is 7.37. The zero-order valence-corrected chi connectivity index (χ0v) is 17.5. The fourth-order valence-electron chi connectivity index (χ4n) is 3.14. The van der Waals surface area contributed by atoms with Crippen LogP contribution in [0, 0.1) is 6.92 Å². The smallest absolute Gasteiger partial charge is 0.326 e. The fraction of sp³-hybridized carbons (Fsp3) is 0.304. The number of nitrogens with one attached hydrogen (secondary N) is 2. The molecule has 0 radical (unpaired) electrons. The highest BCUT2D eigenvalue weighted by Crippen LogP contribution is 2.21. The van der Waals surface area contributed by atoms with Gasteiger partial charge in [0.05, 0.1) is 0 Å². The molecule has 31 heavy (non-hydrogen) atoms. The van der Waals surface area contributed by atoms with Crippen LogP contribution in [0.3, 0.4) is 0 Å². The topological polar surface area (TPSA) is 105 Å². The van der Waals surface area contributed by atoms with E-state index in [9.17, 15) is 19.2 Å². The van der Waals surface area contributed by atoms with Crippen molar-refractivity contribution in [3.8, 4) is 0 Å². The number of carbonyl (C=O) groups excluding carboxylic acids is 4. The minimum Gasteiger partial charge on any atom is -0.451 e. The van der Waals surface area contributed by atoms with Crippen molar-refractivity contribution < 1.29 is 23.9 Å². The molecule has 1 aliphatic rings. The summed E-state index contributed by atoms with van der Waals surface area (Å²) in [5, 5.41) is 5.14. The number of esters is 1. The highest BCUT2D eigenvalue weighted by molar-refractivity contribution is 5.99. The van der Waals surface area contributed by atoms with Gasteiger partial charge in [-0.25, -0.2) is 0 Å². The Kier molecular flexibility index (Phi) is 7.02. The third-order valence-corrected chi connectivity index (χ3v) is 4.90. The van der Waals surface area contributed by atoms with Gasteiger partial charge in [0.25, 0.3) is 11.8 Å². The van der Waals surface area contributed by atoms with Crippen molar-refractivity contribution in [2.45, 2.75) is 32.8 Å². The van der Waals surface area contributed by atoms with Gasteiger partial charge in [0.1, 0.15) is 6.54 Å². The van der Waals surface area contributed by atoms with Gasteiger partial charge in [0.15, 0.2) is 6.10 Å². The molecule has 1 saturated heterocycles. The average molecular weight is 423 g/mol. The third-order valence-electron chi connectivity index (χ3n) is 4.90. The van der Waals surface area contributed by atoms with Gasteiger partial charge in [0.2, 0.25) is 5.91 Å². The van der Waals surface area contributed by atoms with Crippen LogP contribution in [0.25, 0.3) is 0 Å². The summed E-state index contributed by atoms with van der Waals surface area (Å²) in [4.78, 5) is 49.9. The molecule has 0 aromatic heterocycles. The van der Waals surface area contributed by atoms with Gasteiger partial charge in [-0.3, -0.25) is 19.2 Å².